The van der Waals surface area contributed by atoms with E-state index < -0.39 is 33.1 Å². The highest BCUT2D eigenvalue weighted by atomic mass is 31.2. The lowest BCUT2D eigenvalue weighted by molar-refractivity contribution is -0.111. The number of rotatable bonds is 6. The Morgan fingerprint density at radius 1 is 1.46 bits per heavy atom. The summed E-state index contributed by atoms with van der Waals surface area (Å²) in [6.07, 6.45) is -2.94. The van der Waals surface area contributed by atoms with Gasteiger partial charge in [0.2, 0.25) is 0 Å². The molecule has 0 aromatic rings. The predicted octanol–water partition coefficient (Wildman–Crippen LogP) is -1.59. The van der Waals surface area contributed by atoms with Gasteiger partial charge >= 0.3 is 7.82 Å². The second-order valence-electron chi connectivity index (χ2n) is 2.29. The molecule has 0 bridgehead atoms. The average molecular weight is 214 g/mol. The van der Waals surface area contributed by atoms with E-state index in [1.807, 2.05) is 0 Å². The molecule has 0 aromatic carbocycles. The molecule has 0 rings (SSSR count). The van der Waals surface area contributed by atoms with Gasteiger partial charge in [0, 0.05) is 6.42 Å². The third kappa shape index (κ3) is 5.87. The quantitative estimate of drug-likeness (QED) is 0.310. The van der Waals surface area contributed by atoms with Gasteiger partial charge < -0.3 is 24.8 Å². The molecular formula is C5H11O7P. The molecule has 2 unspecified atom stereocenters. The molecule has 0 aliphatic carbocycles. The lowest BCUT2D eigenvalue weighted by atomic mass is 10.2. The van der Waals surface area contributed by atoms with Gasteiger partial charge in [-0.3, -0.25) is 4.52 Å². The molecule has 0 fully saturated rings. The van der Waals surface area contributed by atoms with Crippen molar-refractivity contribution in [2.45, 2.75) is 18.6 Å². The van der Waals surface area contributed by atoms with Crippen LogP contribution in [-0.4, -0.2) is 45.1 Å². The second-order valence-corrected chi connectivity index (χ2v) is 3.48. The van der Waals surface area contributed by atoms with Gasteiger partial charge in [-0.05, 0) is 0 Å². The highest BCUT2D eigenvalue weighted by Gasteiger charge is 2.27. The standard InChI is InChI=1S/C5H11O7P/c6-2-1-5(4(8)3-7)12-13(9,10)11/h2,4-5,7-8H,1,3H2,(H2,9,10,11). The topological polar surface area (TPSA) is 124 Å². The summed E-state index contributed by atoms with van der Waals surface area (Å²) < 4.78 is 14.4. The minimum Gasteiger partial charge on any atom is -0.394 e. The normalized spacial score (nSPS) is 16.6. The van der Waals surface area contributed by atoms with Crippen LogP contribution in [0.4, 0.5) is 0 Å². The van der Waals surface area contributed by atoms with Crippen LogP contribution in [0.25, 0.3) is 0 Å². The van der Waals surface area contributed by atoms with Crippen molar-refractivity contribution in [1.82, 2.24) is 0 Å². The average Bonchev–Trinajstić information content (AvgIpc) is 2.00. The lowest BCUT2D eigenvalue weighted by Crippen LogP contribution is -2.31. The summed E-state index contributed by atoms with van der Waals surface area (Å²) in [5.74, 6) is 0. The first-order valence-corrected chi connectivity index (χ1v) is 4.90. The van der Waals surface area contributed by atoms with Crippen LogP contribution < -0.4 is 0 Å². The largest absolute Gasteiger partial charge is 0.469 e. The number of carbonyl (C=O) groups excluding carboxylic acids is 1. The third-order valence-electron chi connectivity index (χ3n) is 1.22. The van der Waals surface area contributed by atoms with Crippen molar-refractivity contribution in [2.75, 3.05) is 6.61 Å². The summed E-state index contributed by atoms with van der Waals surface area (Å²) >= 11 is 0. The first-order chi connectivity index (χ1) is 5.90. The molecule has 0 saturated heterocycles. The van der Waals surface area contributed by atoms with Gasteiger partial charge in [-0.1, -0.05) is 0 Å². The minimum absolute atomic E-state index is 0.333. The maximum absolute atomic E-state index is 10.3. The summed E-state index contributed by atoms with van der Waals surface area (Å²) in [5, 5.41) is 17.4. The fourth-order valence-corrected chi connectivity index (χ4v) is 1.24. The number of aliphatic hydroxyl groups excluding tert-OH is 2. The molecule has 0 spiro atoms. The molecule has 8 heteroatoms. The number of hydrogen-bond acceptors (Lipinski definition) is 5. The lowest BCUT2D eigenvalue weighted by Gasteiger charge is -2.19. The van der Waals surface area contributed by atoms with Crippen molar-refractivity contribution < 1.29 is 33.9 Å². The fraction of sp³-hybridized carbons (Fsp3) is 0.800. The Balaban J connectivity index is 4.25. The Hall–Kier alpha value is -0.300. The molecular weight excluding hydrogens is 203 g/mol. The Kier molecular flexibility index (Phi) is 5.31. The van der Waals surface area contributed by atoms with E-state index in [0.29, 0.717) is 6.29 Å². The zero-order valence-corrected chi connectivity index (χ0v) is 7.50. The number of hydrogen-bond donors (Lipinski definition) is 4. The van der Waals surface area contributed by atoms with Gasteiger partial charge in [-0.25, -0.2) is 4.57 Å². The van der Waals surface area contributed by atoms with E-state index in [2.05, 4.69) is 4.52 Å². The van der Waals surface area contributed by atoms with Crippen molar-refractivity contribution in [3.8, 4) is 0 Å². The predicted molar refractivity (Wildman–Crippen MR) is 40.7 cm³/mol. The minimum atomic E-state index is -4.75. The Bertz CT molecular complexity index is 199. The second kappa shape index (κ2) is 5.43. The molecule has 0 saturated carbocycles. The Morgan fingerprint density at radius 2 is 2.00 bits per heavy atom. The maximum Gasteiger partial charge on any atom is 0.469 e. The van der Waals surface area contributed by atoms with Crippen LogP contribution in [0.1, 0.15) is 6.42 Å². The van der Waals surface area contributed by atoms with Gasteiger partial charge in [-0.15, -0.1) is 0 Å². The number of aldehydes is 1. The molecule has 0 aliphatic heterocycles. The molecule has 0 radical (unpaired) electrons. The highest BCUT2D eigenvalue weighted by Crippen LogP contribution is 2.38. The molecule has 0 heterocycles. The third-order valence-corrected chi connectivity index (χ3v) is 1.76. The summed E-state index contributed by atoms with van der Waals surface area (Å²) in [6.45, 7) is -0.738. The number of aliphatic hydroxyl groups is 2. The smallest absolute Gasteiger partial charge is 0.394 e. The van der Waals surface area contributed by atoms with Crippen molar-refractivity contribution in [2.24, 2.45) is 0 Å². The zero-order chi connectivity index (χ0) is 10.5. The van der Waals surface area contributed by atoms with Crippen LogP contribution in [0.15, 0.2) is 0 Å². The van der Waals surface area contributed by atoms with E-state index in [1.165, 1.54) is 0 Å². The number of carbonyl (C=O) groups is 1. The van der Waals surface area contributed by atoms with Crippen LogP contribution in [0.3, 0.4) is 0 Å². The van der Waals surface area contributed by atoms with Crippen molar-refractivity contribution in [3.05, 3.63) is 0 Å². The first-order valence-electron chi connectivity index (χ1n) is 3.37. The summed E-state index contributed by atoms with van der Waals surface area (Å²) in [6, 6.07) is 0. The van der Waals surface area contributed by atoms with Gasteiger partial charge in [0.1, 0.15) is 18.5 Å². The van der Waals surface area contributed by atoms with Crippen LogP contribution in [0.2, 0.25) is 0 Å². The van der Waals surface area contributed by atoms with Gasteiger partial charge in [0.05, 0.1) is 6.61 Å². The van der Waals surface area contributed by atoms with Crippen molar-refractivity contribution >= 4 is 14.1 Å². The number of phosphoric acid groups is 1. The zero-order valence-electron chi connectivity index (χ0n) is 6.61. The SMILES string of the molecule is O=CCC(OP(=O)(O)O)C(O)CO. The van der Waals surface area contributed by atoms with Crippen molar-refractivity contribution in [1.29, 1.82) is 0 Å². The molecule has 7 nitrogen and oxygen atoms in total. The summed E-state index contributed by atoms with van der Waals surface area (Å²) in [7, 11) is -4.75. The van der Waals surface area contributed by atoms with E-state index >= 15 is 0 Å². The maximum atomic E-state index is 10.3. The van der Waals surface area contributed by atoms with Gasteiger partial charge in [-0.2, -0.15) is 0 Å². The van der Waals surface area contributed by atoms with E-state index in [9.17, 15) is 9.36 Å². The van der Waals surface area contributed by atoms with Crippen molar-refractivity contribution in [3.63, 3.8) is 0 Å². The fourth-order valence-electron chi connectivity index (χ4n) is 0.659. The molecule has 0 aromatic heterocycles. The molecule has 2 atom stereocenters. The molecule has 0 aliphatic rings. The van der Waals surface area contributed by atoms with Crippen LogP contribution in [0, 0.1) is 0 Å². The van der Waals surface area contributed by atoms with E-state index in [4.69, 9.17) is 20.0 Å². The highest BCUT2D eigenvalue weighted by molar-refractivity contribution is 7.46. The first kappa shape index (κ1) is 12.7. The molecule has 78 valence electrons. The summed E-state index contributed by atoms with van der Waals surface area (Å²) in [5.41, 5.74) is 0. The van der Waals surface area contributed by atoms with Gasteiger partial charge in [0.15, 0.2) is 0 Å². The number of phosphoric ester groups is 1. The van der Waals surface area contributed by atoms with Gasteiger partial charge in [0.25, 0.3) is 0 Å². The molecule has 0 amide bonds. The van der Waals surface area contributed by atoms with E-state index in [0.717, 1.165) is 0 Å². The van der Waals surface area contributed by atoms with E-state index in [-0.39, 0.29) is 0 Å². The monoisotopic (exact) mass is 214 g/mol. The summed E-state index contributed by atoms with van der Waals surface area (Å²) in [4.78, 5) is 26.7. The van der Waals surface area contributed by atoms with Crippen LogP contribution >= 0.6 is 7.82 Å². The molecule has 4 N–H and O–H groups in total. The Morgan fingerprint density at radius 3 is 2.31 bits per heavy atom. The molecule has 13 heavy (non-hydrogen) atoms. The van der Waals surface area contributed by atoms with Crippen LogP contribution in [0.5, 0.6) is 0 Å². The Labute approximate surface area is 74.2 Å². The van der Waals surface area contributed by atoms with Crippen LogP contribution in [-0.2, 0) is 13.9 Å². The van der Waals surface area contributed by atoms with E-state index in [1.54, 1.807) is 0 Å².